The number of carbonyl (C=O) groups is 1. The van der Waals surface area contributed by atoms with E-state index in [1.54, 1.807) is 4.90 Å². The number of quaternary nitrogens is 1. The summed E-state index contributed by atoms with van der Waals surface area (Å²) in [4.78, 5) is 13.9. The highest BCUT2D eigenvalue weighted by Gasteiger charge is 2.16. The van der Waals surface area contributed by atoms with E-state index in [0.29, 0.717) is 11.1 Å². The van der Waals surface area contributed by atoms with Crippen LogP contribution in [0.1, 0.15) is 29.5 Å². The lowest BCUT2D eigenvalue weighted by molar-refractivity contribution is -0.901. The highest BCUT2D eigenvalue weighted by atomic mass is 32.2. The maximum absolute atomic E-state index is 12.3. The second-order valence-corrected chi connectivity index (χ2v) is 8.84. The van der Waals surface area contributed by atoms with Crippen LogP contribution in [0, 0.1) is 13.8 Å². The van der Waals surface area contributed by atoms with Crippen molar-refractivity contribution in [1.82, 2.24) is 10.2 Å². The Hall–Kier alpha value is -2.64. The summed E-state index contributed by atoms with van der Waals surface area (Å²) in [7, 11) is 0. The molecular weight excluding hydrogens is 396 g/mol. The molecule has 7 heteroatoms. The van der Waals surface area contributed by atoms with Crippen LogP contribution < -0.4 is 10.2 Å². The molecule has 1 saturated heterocycles. The van der Waals surface area contributed by atoms with Crippen molar-refractivity contribution in [2.45, 2.75) is 38.5 Å². The van der Waals surface area contributed by atoms with E-state index in [1.165, 1.54) is 43.3 Å². The molecule has 0 spiro atoms. The van der Waals surface area contributed by atoms with E-state index >= 15 is 0 Å². The number of nitrogens with one attached hydrogen (secondary N) is 2. The van der Waals surface area contributed by atoms with Gasteiger partial charge >= 0.3 is 0 Å². The first kappa shape index (κ1) is 20.6. The second-order valence-electron chi connectivity index (χ2n) is 7.92. The van der Waals surface area contributed by atoms with Crippen LogP contribution in [0.25, 0.3) is 11.5 Å². The number of carbonyl (C=O) groups excluding carboxylic acids is 1. The van der Waals surface area contributed by atoms with Crippen LogP contribution in [0.3, 0.4) is 0 Å². The molecule has 0 atom stereocenters. The first-order valence-corrected chi connectivity index (χ1v) is 11.3. The predicted molar refractivity (Wildman–Crippen MR) is 119 cm³/mol. The van der Waals surface area contributed by atoms with Crippen molar-refractivity contribution in [3.63, 3.8) is 0 Å². The molecule has 0 unspecified atom stereocenters. The Kier molecular flexibility index (Phi) is 6.50. The first-order valence-electron chi connectivity index (χ1n) is 10.3. The van der Waals surface area contributed by atoms with Gasteiger partial charge in [0, 0.05) is 29.7 Å². The quantitative estimate of drug-likeness (QED) is 0.571. The standard InChI is InChI=1S/C23H26N4O2S/c1-16-11-17(2)13-19(12-16)22-25-26-23(29-22)30-15-21(28)24-20-7-5-18(6-8-20)14-27-9-3-4-10-27/h5-8,11-13H,3-4,9-10,14-15H2,1-2H3,(H,24,28)/p+1. The average molecular weight is 424 g/mol. The molecule has 0 saturated carbocycles. The van der Waals surface area contributed by atoms with Crippen LogP contribution in [0.4, 0.5) is 5.69 Å². The summed E-state index contributed by atoms with van der Waals surface area (Å²) in [6.07, 6.45) is 2.65. The van der Waals surface area contributed by atoms with E-state index in [4.69, 9.17) is 4.42 Å². The summed E-state index contributed by atoms with van der Waals surface area (Å²) in [5.74, 6) is 0.596. The van der Waals surface area contributed by atoms with E-state index in [0.717, 1.165) is 28.9 Å². The maximum Gasteiger partial charge on any atom is 0.277 e. The fraction of sp³-hybridized carbons (Fsp3) is 0.348. The van der Waals surface area contributed by atoms with E-state index < -0.39 is 0 Å². The summed E-state index contributed by atoms with van der Waals surface area (Å²) in [5, 5.41) is 11.5. The Morgan fingerprint density at radius 3 is 2.47 bits per heavy atom. The van der Waals surface area contributed by atoms with Gasteiger partial charge in [-0.05, 0) is 38.1 Å². The molecule has 1 amide bonds. The summed E-state index contributed by atoms with van der Waals surface area (Å²) >= 11 is 1.24. The van der Waals surface area contributed by atoms with Crippen LogP contribution >= 0.6 is 11.8 Å². The molecule has 2 N–H and O–H groups in total. The second kappa shape index (κ2) is 9.45. The molecule has 2 aromatic carbocycles. The van der Waals surface area contributed by atoms with Gasteiger partial charge in [0.1, 0.15) is 6.54 Å². The van der Waals surface area contributed by atoms with Crippen molar-refractivity contribution < 1.29 is 14.1 Å². The molecule has 1 aromatic heterocycles. The van der Waals surface area contributed by atoms with Gasteiger partial charge in [0.25, 0.3) is 5.22 Å². The number of aryl methyl sites for hydroxylation is 2. The molecular formula is C23H27N4O2S+. The monoisotopic (exact) mass is 423 g/mol. The minimum absolute atomic E-state index is 0.0935. The van der Waals surface area contributed by atoms with Gasteiger partial charge in [-0.15, -0.1) is 10.2 Å². The molecule has 156 valence electrons. The maximum atomic E-state index is 12.3. The molecule has 0 radical (unpaired) electrons. The molecule has 2 heterocycles. The van der Waals surface area contributed by atoms with Gasteiger partial charge in [-0.3, -0.25) is 4.79 Å². The third-order valence-electron chi connectivity index (χ3n) is 5.20. The van der Waals surface area contributed by atoms with E-state index in [9.17, 15) is 4.79 Å². The van der Waals surface area contributed by atoms with Gasteiger partial charge in [-0.2, -0.15) is 0 Å². The van der Waals surface area contributed by atoms with Gasteiger partial charge in [0.05, 0.1) is 18.8 Å². The Balaban J connectivity index is 1.28. The molecule has 3 aromatic rings. The van der Waals surface area contributed by atoms with Gasteiger partial charge in [-0.1, -0.05) is 41.1 Å². The molecule has 1 aliphatic rings. The molecule has 6 nitrogen and oxygen atoms in total. The number of hydrogen-bond acceptors (Lipinski definition) is 5. The Labute approximate surface area is 181 Å². The van der Waals surface area contributed by atoms with Crippen LogP contribution in [0.5, 0.6) is 0 Å². The SMILES string of the molecule is Cc1cc(C)cc(-c2nnc(SCC(=O)Nc3ccc(C[NH+]4CCCC4)cc3)o2)c1. The zero-order chi connectivity index (χ0) is 20.9. The van der Waals surface area contributed by atoms with Crippen LogP contribution in [0.2, 0.25) is 0 Å². The zero-order valence-corrected chi connectivity index (χ0v) is 18.2. The number of aromatic nitrogens is 2. The van der Waals surface area contributed by atoms with Crippen LogP contribution in [0.15, 0.2) is 52.1 Å². The van der Waals surface area contributed by atoms with Crippen molar-refractivity contribution >= 4 is 23.4 Å². The molecule has 1 fully saturated rings. The number of likely N-dealkylation sites (tertiary alicyclic amines) is 1. The largest absolute Gasteiger partial charge is 0.411 e. The molecule has 30 heavy (non-hydrogen) atoms. The Bertz CT molecular complexity index is 990. The lowest BCUT2D eigenvalue weighted by Crippen LogP contribution is -3.08. The van der Waals surface area contributed by atoms with Crippen molar-refractivity contribution in [3.8, 4) is 11.5 Å². The topological polar surface area (TPSA) is 72.5 Å². The molecule has 0 bridgehead atoms. The summed E-state index contributed by atoms with van der Waals surface area (Å²) < 4.78 is 5.72. The summed E-state index contributed by atoms with van der Waals surface area (Å²) in [6, 6.07) is 14.3. The minimum atomic E-state index is -0.0935. The third kappa shape index (κ3) is 5.49. The Morgan fingerprint density at radius 2 is 1.77 bits per heavy atom. The predicted octanol–water partition coefficient (Wildman–Crippen LogP) is 3.26. The highest BCUT2D eigenvalue weighted by molar-refractivity contribution is 7.99. The molecule has 1 aliphatic heterocycles. The molecule has 0 aliphatic carbocycles. The normalized spacial score (nSPS) is 14.2. The van der Waals surface area contributed by atoms with Crippen molar-refractivity contribution in [2.75, 3.05) is 24.2 Å². The van der Waals surface area contributed by atoms with Crippen molar-refractivity contribution in [1.29, 1.82) is 0 Å². The average Bonchev–Trinajstić information content (AvgIpc) is 3.39. The number of anilines is 1. The van der Waals surface area contributed by atoms with Gasteiger partial charge in [0.2, 0.25) is 11.8 Å². The number of hydrogen-bond donors (Lipinski definition) is 2. The number of amides is 1. The lowest BCUT2D eigenvalue weighted by Gasteiger charge is -2.12. The smallest absolute Gasteiger partial charge is 0.277 e. The van der Waals surface area contributed by atoms with Crippen LogP contribution in [-0.2, 0) is 11.3 Å². The zero-order valence-electron chi connectivity index (χ0n) is 17.4. The summed E-state index contributed by atoms with van der Waals surface area (Å²) in [5.41, 5.74) is 5.30. The van der Waals surface area contributed by atoms with Gasteiger partial charge in [0.15, 0.2) is 0 Å². The Morgan fingerprint density at radius 1 is 1.07 bits per heavy atom. The van der Waals surface area contributed by atoms with E-state index in [-0.39, 0.29) is 11.7 Å². The van der Waals surface area contributed by atoms with Gasteiger partial charge in [-0.25, -0.2) is 0 Å². The summed E-state index contributed by atoms with van der Waals surface area (Å²) in [6.45, 7) is 7.65. The van der Waals surface area contributed by atoms with Crippen molar-refractivity contribution in [2.24, 2.45) is 0 Å². The van der Waals surface area contributed by atoms with Gasteiger partial charge < -0.3 is 14.6 Å². The number of thioether (sulfide) groups is 1. The van der Waals surface area contributed by atoms with E-state index in [1.807, 2.05) is 38.1 Å². The number of benzene rings is 2. The first-order chi connectivity index (χ1) is 14.5. The minimum Gasteiger partial charge on any atom is -0.411 e. The van der Waals surface area contributed by atoms with Crippen LogP contribution in [-0.4, -0.2) is 34.9 Å². The fourth-order valence-corrected chi connectivity index (χ4v) is 4.42. The van der Waals surface area contributed by atoms with E-state index in [2.05, 4.69) is 33.7 Å². The lowest BCUT2D eigenvalue weighted by atomic mass is 10.1. The van der Waals surface area contributed by atoms with Crippen molar-refractivity contribution in [3.05, 3.63) is 59.2 Å². The highest BCUT2D eigenvalue weighted by Crippen LogP contribution is 2.25. The number of nitrogens with zero attached hydrogens (tertiary/aromatic N) is 2. The third-order valence-corrected chi connectivity index (χ3v) is 6.02. The fourth-order valence-electron chi connectivity index (χ4n) is 3.85. The number of rotatable bonds is 7. The molecule has 4 rings (SSSR count).